The molecule has 10 nitrogen and oxygen atoms in total. The van der Waals surface area contributed by atoms with Crippen LogP contribution in [0.4, 0.5) is 0 Å². The number of sulfonamides is 1. The molecule has 0 saturated heterocycles. The van der Waals surface area contributed by atoms with Gasteiger partial charge in [0.05, 0.1) is 31.5 Å². The second kappa shape index (κ2) is 9.90. The predicted octanol–water partition coefficient (Wildman–Crippen LogP) is 2.51. The maximum absolute atomic E-state index is 12.7. The van der Waals surface area contributed by atoms with Gasteiger partial charge in [-0.15, -0.1) is 4.83 Å². The molecule has 3 rings (SSSR count). The number of amides is 1. The Kier molecular flexibility index (Phi) is 7.25. The summed E-state index contributed by atoms with van der Waals surface area (Å²) in [4.78, 5) is 14.7. The second-order valence-corrected chi connectivity index (χ2v) is 8.23. The lowest BCUT2D eigenvalue weighted by Crippen LogP contribution is -2.41. The fraction of sp³-hybridized carbons (Fsp3) is 0.316. The van der Waals surface area contributed by atoms with Crippen molar-refractivity contribution < 1.29 is 27.4 Å². The van der Waals surface area contributed by atoms with Crippen LogP contribution in [0.2, 0.25) is 0 Å². The number of hydrazine groups is 1. The Bertz CT molecular complexity index is 1150. The zero-order valence-electron chi connectivity index (χ0n) is 17.2. The summed E-state index contributed by atoms with van der Waals surface area (Å²) in [5.74, 6) is 0.325. The fourth-order valence-corrected chi connectivity index (χ4v) is 4.37. The molecule has 0 atom stereocenters. The minimum absolute atomic E-state index is 0.0873. The lowest BCUT2D eigenvalue weighted by atomic mass is 10.1. The minimum Gasteiger partial charge on any atom is -0.490 e. The molecule has 0 fully saturated rings. The highest BCUT2D eigenvalue weighted by atomic mass is 32.2. The summed E-state index contributed by atoms with van der Waals surface area (Å²) in [5.41, 5.74) is 3.02. The molecule has 0 spiro atoms. The third-order valence-corrected chi connectivity index (χ3v) is 5.83. The maximum Gasteiger partial charge on any atom is 0.266 e. The van der Waals surface area contributed by atoms with E-state index in [1.807, 2.05) is 6.92 Å². The van der Waals surface area contributed by atoms with Gasteiger partial charge in [0.1, 0.15) is 15.9 Å². The molecule has 0 bridgehead atoms. The number of hydrogen-bond donors (Lipinski definition) is 2. The zero-order chi connectivity index (χ0) is 22.4. The van der Waals surface area contributed by atoms with Gasteiger partial charge in [-0.25, -0.2) is 8.42 Å². The fourth-order valence-electron chi connectivity index (χ4n) is 2.76. The molecule has 0 aliphatic heterocycles. The van der Waals surface area contributed by atoms with Crippen molar-refractivity contribution in [2.45, 2.75) is 25.7 Å². The first kappa shape index (κ1) is 22.7. The van der Waals surface area contributed by atoms with Gasteiger partial charge < -0.3 is 14.2 Å². The highest BCUT2D eigenvalue weighted by molar-refractivity contribution is 7.89. The Morgan fingerprint density at radius 2 is 1.65 bits per heavy atom. The number of hydrogen-bond acceptors (Lipinski definition) is 9. The van der Waals surface area contributed by atoms with Crippen molar-refractivity contribution >= 4 is 38.7 Å². The number of nitrogens with one attached hydrogen (secondary N) is 2. The molecule has 0 radical (unpaired) electrons. The molecule has 12 heteroatoms. The Balaban J connectivity index is 1.86. The summed E-state index contributed by atoms with van der Waals surface area (Å²) in [5, 5.41) is 0. The molecule has 1 aromatic heterocycles. The normalized spacial score (nSPS) is 11.3. The number of carbonyl (C=O) groups excluding carboxylic acids is 1. The molecular weight excluding hydrogens is 444 g/mol. The highest BCUT2D eigenvalue weighted by Crippen LogP contribution is 2.39. The van der Waals surface area contributed by atoms with Crippen LogP contribution < -0.4 is 24.5 Å². The number of carbonyl (C=O) groups is 1. The quantitative estimate of drug-likeness (QED) is 0.436. The smallest absolute Gasteiger partial charge is 0.266 e. The zero-order valence-corrected chi connectivity index (χ0v) is 18.8. The van der Waals surface area contributed by atoms with Crippen molar-refractivity contribution in [3.63, 3.8) is 0 Å². The molecule has 1 amide bonds. The number of nitrogens with zero attached hydrogens (tertiary/aromatic N) is 2. The Hall–Kier alpha value is -2.96. The van der Waals surface area contributed by atoms with E-state index in [-0.39, 0.29) is 16.0 Å². The van der Waals surface area contributed by atoms with Gasteiger partial charge in [0, 0.05) is 5.56 Å². The van der Waals surface area contributed by atoms with Gasteiger partial charge in [-0.2, -0.15) is 8.75 Å². The Morgan fingerprint density at radius 3 is 2.26 bits per heavy atom. The first-order chi connectivity index (χ1) is 14.9. The Morgan fingerprint density at radius 1 is 1.00 bits per heavy atom. The number of ether oxygens (including phenoxy) is 3. The van der Waals surface area contributed by atoms with Gasteiger partial charge in [-0.3, -0.25) is 10.2 Å². The minimum atomic E-state index is -4.08. The summed E-state index contributed by atoms with van der Waals surface area (Å²) in [7, 11) is -4.08. The van der Waals surface area contributed by atoms with Crippen LogP contribution in [0.5, 0.6) is 17.2 Å². The highest BCUT2D eigenvalue weighted by Gasteiger charge is 2.22. The van der Waals surface area contributed by atoms with Gasteiger partial charge >= 0.3 is 0 Å². The maximum atomic E-state index is 12.7. The van der Waals surface area contributed by atoms with E-state index in [4.69, 9.17) is 14.2 Å². The van der Waals surface area contributed by atoms with Crippen molar-refractivity contribution in [2.75, 3.05) is 19.8 Å². The summed E-state index contributed by atoms with van der Waals surface area (Å²) in [6.07, 6.45) is 0. The van der Waals surface area contributed by atoms with Crippen molar-refractivity contribution in [3.8, 4) is 17.2 Å². The van der Waals surface area contributed by atoms with Crippen LogP contribution in [-0.4, -0.2) is 42.9 Å². The van der Waals surface area contributed by atoms with E-state index < -0.39 is 15.9 Å². The summed E-state index contributed by atoms with van der Waals surface area (Å²) < 4.78 is 50.2. The Labute approximate surface area is 183 Å². The predicted molar refractivity (Wildman–Crippen MR) is 115 cm³/mol. The lowest BCUT2D eigenvalue weighted by Gasteiger charge is -2.17. The van der Waals surface area contributed by atoms with Gasteiger partial charge in [0.2, 0.25) is 5.75 Å². The summed E-state index contributed by atoms with van der Waals surface area (Å²) in [6.45, 7) is 6.47. The third-order valence-electron chi connectivity index (χ3n) is 4.01. The third kappa shape index (κ3) is 5.03. The number of rotatable bonds is 10. The molecule has 0 saturated carbocycles. The largest absolute Gasteiger partial charge is 0.490 e. The van der Waals surface area contributed by atoms with Crippen LogP contribution in [0, 0.1) is 0 Å². The van der Waals surface area contributed by atoms with E-state index in [9.17, 15) is 13.2 Å². The molecule has 0 unspecified atom stereocenters. The molecule has 2 N–H and O–H groups in total. The van der Waals surface area contributed by atoms with E-state index in [2.05, 4.69) is 19.0 Å². The molecular formula is C19H22N4O6S2. The second-order valence-electron chi connectivity index (χ2n) is 6.05. The molecule has 0 aliphatic rings. The topological polar surface area (TPSA) is 129 Å². The molecule has 0 aliphatic carbocycles. The van der Waals surface area contributed by atoms with Gasteiger partial charge in [-0.1, -0.05) is 6.07 Å². The van der Waals surface area contributed by atoms with E-state index in [1.165, 1.54) is 18.2 Å². The van der Waals surface area contributed by atoms with E-state index in [1.54, 1.807) is 26.0 Å². The molecule has 3 aromatic rings. The monoisotopic (exact) mass is 466 g/mol. The standard InChI is InChI=1S/C19H22N4O6S2/c1-4-27-14-10-12(11-15(28-5-2)18(14)29-6-3)19(24)20-23-31(25,26)16-9-7-8-13-17(16)22-30-21-13/h7-11,23H,4-6H2,1-3H3,(H,20,24). The van der Waals surface area contributed by atoms with Gasteiger partial charge in [0.25, 0.3) is 15.9 Å². The number of benzene rings is 2. The average Bonchev–Trinajstić information content (AvgIpc) is 3.23. The van der Waals surface area contributed by atoms with Crippen molar-refractivity contribution in [2.24, 2.45) is 0 Å². The molecule has 166 valence electrons. The number of aromatic nitrogens is 2. The summed E-state index contributed by atoms with van der Waals surface area (Å²) in [6, 6.07) is 7.52. The first-order valence-electron chi connectivity index (χ1n) is 9.51. The van der Waals surface area contributed by atoms with Gasteiger partial charge in [-0.05, 0) is 45.0 Å². The van der Waals surface area contributed by atoms with Crippen LogP contribution in [0.3, 0.4) is 0 Å². The van der Waals surface area contributed by atoms with E-state index in [0.717, 1.165) is 11.7 Å². The molecule has 31 heavy (non-hydrogen) atoms. The first-order valence-corrected chi connectivity index (χ1v) is 11.7. The van der Waals surface area contributed by atoms with Crippen LogP contribution in [0.25, 0.3) is 11.0 Å². The molecule has 1 heterocycles. The van der Waals surface area contributed by atoms with E-state index >= 15 is 0 Å². The van der Waals surface area contributed by atoms with Crippen LogP contribution in [-0.2, 0) is 10.0 Å². The molecule has 2 aromatic carbocycles. The van der Waals surface area contributed by atoms with Crippen LogP contribution >= 0.6 is 11.7 Å². The van der Waals surface area contributed by atoms with Crippen LogP contribution in [0.1, 0.15) is 31.1 Å². The van der Waals surface area contributed by atoms with Crippen molar-refractivity contribution in [3.05, 3.63) is 35.9 Å². The van der Waals surface area contributed by atoms with Crippen molar-refractivity contribution in [1.29, 1.82) is 0 Å². The summed E-state index contributed by atoms with van der Waals surface area (Å²) >= 11 is 0.903. The van der Waals surface area contributed by atoms with Crippen molar-refractivity contribution in [1.82, 2.24) is 19.0 Å². The lowest BCUT2D eigenvalue weighted by molar-refractivity contribution is 0.0944. The SMILES string of the molecule is CCOc1cc(C(=O)NNS(=O)(=O)c2cccc3nsnc23)cc(OCC)c1OCC. The van der Waals surface area contributed by atoms with Gasteiger partial charge in [0.15, 0.2) is 11.5 Å². The number of fused-ring (bicyclic) bond motifs is 1. The van der Waals surface area contributed by atoms with Crippen LogP contribution in [0.15, 0.2) is 35.2 Å². The van der Waals surface area contributed by atoms with E-state index in [0.29, 0.717) is 42.6 Å². The average molecular weight is 467 g/mol.